The third-order valence-electron chi connectivity index (χ3n) is 16.8. The van der Waals surface area contributed by atoms with Crippen LogP contribution in [0.3, 0.4) is 0 Å². The molecule has 340 valence electrons. The summed E-state index contributed by atoms with van der Waals surface area (Å²) in [5, 5.41) is 2.18. The molecule has 0 N–H and O–H groups in total. The molecule has 4 aliphatic rings. The molecule has 0 radical (unpaired) electrons. The van der Waals surface area contributed by atoms with Crippen molar-refractivity contribution in [3.8, 4) is 0 Å². The second-order valence-corrected chi connectivity index (χ2v) is 22.9. The van der Waals surface area contributed by atoms with Gasteiger partial charge in [-0.05, 0) is 171 Å². The van der Waals surface area contributed by atoms with E-state index < -0.39 is 0 Å². The van der Waals surface area contributed by atoms with E-state index in [1.807, 2.05) is 6.20 Å². The monoisotopic (exact) mass is 898 g/mol. The lowest BCUT2D eigenvalue weighted by molar-refractivity contribution is 0.332. The molecule has 0 amide bonds. The van der Waals surface area contributed by atoms with Crippen molar-refractivity contribution in [2.75, 3.05) is 14.7 Å². The van der Waals surface area contributed by atoms with Gasteiger partial charge >= 0.3 is 0 Å². The Balaban J connectivity index is 1.08. The summed E-state index contributed by atoms with van der Waals surface area (Å²) >= 11 is 0. The van der Waals surface area contributed by atoms with E-state index in [2.05, 4.69) is 228 Å². The summed E-state index contributed by atoms with van der Waals surface area (Å²) in [6.07, 6.45) is 6.68. The molecule has 0 unspecified atom stereocenters. The minimum atomic E-state index is -0.0936. The second-order valence-electron chi connectivity index (χ2n) is 22.9. The highest BCUT2D eigenvalue weighted by Gasteiger charge is 2.48. The first-order chi connectivity index (χ1) is 33.2. The molecule has 2 aliphatic heterocycles. The lowest BCUT2D eigenvalue weighted by Crippen LogP contribution is -2.62. The van der Waals surface area contributed by atoms with Crippen molar-refractivity contribution in [1.29, 1.82) is 0 Å². The largest absolute Gasteiger partial charge is 0.456 e. The molecule has 0 bridgehead atoms. The fraction of sp³-hybridized carbons (Fsp3) is 0.254. The van der Waals surface area contributed by atoms with Crippen molar-refractivity contribution in [3.63, 3.8) is 0 Å². The Bertz CT molecular complexity index is 3500. The highest BCUT2D eigenvalue weighted by Crippen LogP contribution is 2.53. The molecule has 5 nitrogen and oxygen atoms in total. The normalized spacial score (nSPS) is 17.7. The first-order valence-electron chi connectivity index (χ1n) is 25.1. The number of fused-ring (bicyclic) bond motifs is 9. The lowest BCUT2D eigenvalue weighted by atomic mass is 9.33. The van der Waals surface area contributed by atoms with E-state index in [0.29, 0.717) is 0 Å². The Morgan fingerprint density at radius 3 is 1.65 bits per heavy atom. The number of hydrogen-bond donors (Lipinski definition) is 0. The van der Waals surface area contributed by atoms with E-state index in [0.717, 1.165) is 75.5 Å². The topological polar surface area (TPSA) is 35.8 Å². The number of furan rings is 1. The molecule has 0 spiro atoms. The van der Waals surface area contributed by atoms with E-state index in [9.17, 15) is 0 Å². The number of rotatable bonds is 5. The summed E-state index contributed by atoms with van der Waals surface area (Å²) in [6.45, 7) is 19.5. The summed E-state index contributed by atoms with van der Waals surface area (Å²) in [5.41, 5.74) is 20.7. The maximum Gasteiger partial charge on any atom is 0.254 e. The zero-order valence-electron chi connectivity index (χ0n) is 41.2. The average molecular weight is 899 g/mol. The molecular weight excluding hydrogens is 840 g/mol. The van der Waals surface area contributed by atoms with Gasteiger partial charge in [-0.1, -0.05) is 122 Å². The SMILES string of the molecule is CC1(C)CCC(C)(C)c2cc(N3c4cc5c(cc4B4c6cc7oc8cc(N(c9ccccc9)c9ccccc9)ccc8c7cc6N(c6ccccc6)c6nccc3c64)C(C)(C)CCC5(C)C)ccc21. The van der Waals surface area contributed by atoms with Gasteiger partial charge in [0.2, 0.25) is 0 Å². The number of nitrogens with zero attached hydrogens (tertiary/aromatic N) is 4. The van der Waals surface area contributed by atoms with E-state index in [-0.39, 0.29) is 28.4 Å². The Kier molecular flexibility index (Phi) is 8.99. The van der Waals surface area contributed by atoms with Gasteiger partial charge in [0.1, 0.15) is 17.0 Å². The van der Waals surface area contributed by atoms with Crippen LogP contribution in [0, 0.1) is 0 Å². The fourth-order valence-corrected chi connectivity index (χ4v) is 12.7. The fourth-order valence-electron chi connectivity index (χ4n) is 12.7. The van der Waals surface area contributed by atoms with Crippen molar-refractivity contribution in [3.05, 3.63) is 186 Å². The van der Waals surface area contributed by atoms with Gasteiger partial charge in [-0.15, -0.1) is 0 Å². The first-order valence-corrected chi connectivity index (χ1v) is 25.1. The lowest BCUT2D eigenvalue weighted by Gasteiger charge is -2.47. The molecule has 7 aromatic carbocycles. The summed E-state index contributed by atoms with van der Waals surface area (Å²) < 4.78 is 7.10. The van der Waals surface area contributed by atoms with Gasteiger partial charge in [0.15, 0.2) is 0 Å². The molecule has 0 saturated carbocycles. The second kappa shape index (κ2) is 14.7. The Hall–Kier alpha value is -7.05. The Labute approximate surface area is 407 Å². The first kappa shape index (κ1) is 42.1. The van der Waals surface area contributed by atoms with Crippen molar-refractivity contribution in [2.24, 2.45) is 0 Å². The van der Waals surface area contributed by atoms with Gasteiger partial charge in [-0.25, -0.2) is 4.98 Å². The standard InChI is InChI=1S/C63H59BN4O/c1-60(2)29-30-61(3,4)48-34-43(25-27-47(48)60)67-53-28-33-65-59-58(53)64(51-37-49-50(38-55(51)67)63(7,8)32-31-62(49,5)6)52-39-57-46(36-54(52)68(59)42-22-16-11-17-23-42)45-26-24-44(35-56(45)69-57)66(40-18-12-9-13-19-40)41-20-14-10-15-21-41/h9-28,33-39H,29-32H2,1-8H3. The quantitative estimate of drug-likeness (QED) is 0.161. The Morgan fingerprint density at radius 1 is 0.449 bits per heavy atom. The molecule has 69 heavy (non-hydrogen) atoms. The van der Waals surface area contributed by atoms with Crippen LogP contribution in [0.1, 0.15) is 103 Å². The summed E-state index contributed by atoms with van der Waals surface area (Å²) in [6, 6.07) is 58.3. The Morgan fingerprint density at radius 2 is 1.00 bits per heavy atom. The number of benzene rings is 7. The number of anilines is 9. The molecule has 6 heteroatoms. The van der Waals surface area contributed by atoms with E-state index in [1.165, 1.54) is 62.1 Å². The highest BCUT2D eigenvalue weighted by molar-refractivity contribution is 7.00. The number of hydrogen-bond acceptors (Lipinski definition) is 5. The van der Waals surface area contributed by atoms with Crippen LogP contribution in [-0.2, 0) is 21.7 Å². The highest BCUT2D eigenvalue weighted by atomic mass is 16.3. The van der Waals surface area contributed by atoms with Crippen LogP contribution in [0.5, 0.6) is 0 Å². The molecule has 2 aromatic heterocycles. The third-order valence-corrected chi connectivity index (χ3v) is 16.8. The van der Waals surface area contributed by atoms with E-state index >= 15 is 0 Å². The molecule has 2 aliphatic carbocycles. The van der Waals surface area contributed by atoms with Crippen molar-refractivity contribution in [2.45, 2.75) is 103 Å². The van der Waals surface area contributed by atoms with Crippen LogP contribution < -0.4 is 31.1 Å². The maximum absolute atomic E-state index is 7.10. The molecular formula is C63H59BN4O. The minimum Gasteiger partial charge on any atom is -0.456 e. The van der Waals surface area contributed by atoms with Gasteiger partial charge in [-0.3, -0.25) is 4.90 Å². The van der Waals surface area contributed by atoms with Crippen LogP contribution in [-0.4, -0.2) is 11.7 Å². The minimum absolute atomic E-state index is 0.0194. The van der Waals surface area contributed by atoms with Crippen LogP contribution in [0.2, 0.25) is 0 Å². The van der Waals surface area contributed by atoms with Gasteiger partial charge < -0.3 is 14.2 Å². The van der Waals surface area contributed by atoms with Gasteiger partial charge in [0.25, 0.3) is 6.71 Å². The predicted molar refractivity (Wildman–Crippen MR) is 291 cm³/mol. The van der Waals surface area contributed by atoms with Crippen molar-refractivity contribution < 1.29 is 4.42 Å². The van der Waals surface area contributed by atoms with Gasteiger partial charge in [0.05, 0.1) is 0 Å². The van der Waals surface area contributed by atoms with Crippen LogP contribution >= 0.6 is 0 Å². The van der Waals surface area contributed by atoms with E-state index in [4.69, 9.17) is 9.40 Å². The molecule has 0 saturated heterocycles. The number of para-hydroxylation sites is 3. The van der Waals surface area contributed by atoms with Crippen LogP contribution in [0.25, 0.3) is 21.9 Å². The number of aromatic nitrogens is 1. The molecule has 0 atom stereocenters. The smallest absolute Gasteiger partial charge is 0.254 e. The van der Waals surface area contributed by atoms with Crippen LogP contribution in [0.15, 0.2) is 168 Å². The molecule has 0 fully saturated rings. The average Bonchev–Trinajstić information content (AvgIpc) is 3.71. The predicted octanol–water partition coefficient (Wildman–Crippen LogP) is 15.2. The molecule has 9 aromatic rings. The molecule has 13 rings (SSSR count). The summed E-state index contributed by atoms with van der Waals surface area (Å²) in [4.78, 5) is 12.7. The van der Waals surface area contributed by atoms with E-state index in [1.54, 1.807) is 0 Å². The zero-order chi connectivity index (χ0) is 47.2. The summed E-state index contributed by atoms with van der Waals surface area (Å²) in [7, 11) is 0. The zero-order valence-corrected chi connectivity index (χ0v) is 41.2. The third kappa shape index (κ3) is 6.33. The maximum atomic E-state index is 7.10. The van der Waals surface area contributed by atoms with Crippen LogP contribution in [0.4, 0.5) is 51.3 Å². The van der Waals surface area contributed by atoms with Crippen molar-refractivity contribution >= 4 is 96.4 Å². The summed E-state index contributed by atoms with van der Waals surface area (Å²) in [5.74, 6) is 0.972. The van der Waals surface area contributed by atoms with Gasteiger partial charge in [-0.2, -0.15) is 0 Å². The van der Waals surface area contributed by atoms with Crippen molar-refractivity contribution in [1.82, 2.24) is 4.98 Å². The molecule has 4 heterocycles. The van der Waals surface area contributed by atoms with Gasteiger partial charge in [0, 0.05) is 68.5 Å². The number of pyridine rings is 1.